The lowest BCUT2D eigenvalue weighted by atomic mass is 9.53. The Morgan fingerprint density at radius 1 is 1.06 bits per heavy atom. The minimum absolute atomic E-state index is 0.0666. The van der Waals surface area contributed by atoms with Crippen molar-refractivity contribution in [1.82, 2.24) is 4.90 Å². The van der Waals surface area contributed by atoms with Gasteiger partial charge in [0.05, 0.1) is 11.5 Å². The highest BCUT2D eigenvalue weighted by molar-refractivity contribution is 6.31. The van der Waals surface area contributed by atoms with Crippen molar-refractivity contribution in [2.45, 2.75) is 50.7 Å². The quantitative estimate of drug-likeness (QED) is 0.536. The van der Waals surface area contributed by atoms with Crippen LogP contribution in [0.25, 0.3) is 0 Å². The van der Waals surface area contributed by atoms with Gasteiger partial charge in [0.2, 0.25) is 5.91 Å². The van der Waals surface area contributed by atoms with Crippen LogP contribution in [0.3, 0.4) is 0 Å². The molecule has 0 spiro atoms. The van der Waals surface area contributed by atoms with Gasteiger partial charge in [-0.25, -0.2) is 0 Å². The van der Waals surface area contributed by atoms with Crippen LogP contribution in [0.15, 0.2) is 12.1 Å². The van der Waals surface area contributed by atoms with Crippen LogP contribution in [0.4, 0.5) is 0 Å². The molecule has 0 aromatic heterocycles. The molecule has 180 valence electrons. The number of hydrogen-bond donors (Lipinski definition) is 3. The van der Waals surface area contributed by atoms with Gasteiger partial charge in [-0.05, 0) is 61.9 Å². The minimum atomic E-state index is -2.61. The van der Waals surface area contributed by atoms with Crippen molar-refractivity contribution < 1.29 is 34.2 Å². The fourth-order valence-corrected chi connectivity index (χ4v) is 6.54. The van der Waals surface area contributed by atoms with Crippen molar-refractivity contribution in [2.24, 2.45) is 29.4 Å². The van der Waals surface area contributed by atoms with E-state index < -0.39 is 58.3 Å². The highest BCUT2D eigenvalue weighted by Crippen LogP contribution is 2.50. The number of Topliss-reactive ketones (excluding diaryl/α,β-unsaturated/α-hetero) is 4. The van der Waals surface area contributed by atoms with E-state index in [1.165, 1.54) is 12.5 Å². The number of fused-ring (bicyclic) bond motifs is 3. The summed E-state index contributed by atoms with van der Waals surface area (Å²) in [5.41, 5.74) is 4.27. The number of benzene rings is 1. The molecule has 1 aromatic carbocycles. The van der Waals surface area contributed by atoms with Crippen LogP contribution in [0.2, 0.25) is 0 Å². The second-order valence-corrected chi connectivity index (χ2v) is 10.2. The van der Waals surface area contributed by atoms with Gasteiger partial charge in [0.25, 0.3) is 0 Å². The number of carbonyl (C=O) groups excluding carboxylic acids is 5. The van der Waals surface area contributed by atoms with Crippen LogP contribution >= 0.6 is 0 Å². The highest BCUT2D eigenvalue weighted by atomic mass is 16.3. The number of aromatic hydroxyl groups is 1. The van der Waals surface area contributed by atoms with Gasteiger partial charge in [-0.2, -0.15) is 0 Å². The van der Waals surface area contributed by atoms with E-state index in [1.807, 2.05) is 6.07 Å². The maximum Gasteiger partial charge on any atom is 0.235 e. The Bertz CT molecular complexity index is 1120. The standard InChI is InChI=1S/C25H28N2O7/c26-24(33)20-17(29)10-14-8-13-9-15-12(11-27-6-2-1-3-7-27)4-5-16(28)19(15)21(30)18(13)22(31)25(14,34)23(20)32/h4-5,13-14,18,20,28,34H,1-3,6-11H2,(H2,26,33)/t13-,14+,18?,20?,25+/m1/s1. The number of amides is 1. The number of rotatable bonds is 3. The van der Waals surface area contributed by atoms with Crippen LogP contribution in [0.1, 0.15) is 53.6 Å². The molecule has 1 saturated heterocycles. The lowest BCUT2D eigenvalue weighted by Crippen LogP contribution is -2.68. The van der Waals surface area contributed by atoms with Crippen molar-refractivity contribution in [3.8, 4) is 5.75 Å². The number of carbonyl (C=O) groups is 5. The summed E-state index contributed by atoms with van der Waals surface area (Å²) in [4.78, 5) is 66.5. The summed E-state index contributed by atoms with van der Waals surface area (Å²) in [6.07, 6.45) is 3.50. The SMILES string of the molecule is NC(=O)C1C(=O)C[C@@H]2C[C@@H]3Cc4c(CN5CCCCC5)ccc(O)c4C(=O)C3C(=O)[C@]2(O)C1=O. The summed E-state index contributed by atoms with van der Waals surface area (Å²) in [6.45, 7) is 2.54. The Labute approximate surface area is 196 Å². The molecule has 0 radical (unpaired) electrons. The Balaban J connectivity index is 1.52. The number of likely N-dealkylation sites (tertiary alicyclic amines) is 1. The van der Waals surface area contributed by atoms with E-state index in [0.29, 0.717) is 18.5 Å². The first kappa shape index (κ1) is 22.9. The number of primary amides is 1. The van der Waals surface area contributed by atoms with Gasteiger partial charge in [-0.3, -0.25) is 28.9 Å². The summed E-state index contributed by atoms with van der Waals surface area (Å²) in [5.74, 6) is -9.72. The Hall–Kier alpha value is -2.91. The number of aliphatic hydroxyl groups is 1. The summed E-state index contributed by atoms with van der Waals surface area (Å²) in [5, 5.41) is 21.8. The Kier molecular flexibility index (Phi) is 5.44. The maximum absolute atomic E-state index is 13.6. The molecule has 1 aromatic rings. The predicted octanol–water partition coefficient (Wildman–Crippen LogP) is 0.313. The van der Waals surface area contributed by atoms with Gasteiger partial charge in [-0.15, -0.1) is 0 Å². The van der Waals surface area contributed by atoms with E-state index >= 15 is 0 Å². The van der Waals surface area contributed by atoms with Gasteiger partial charge in [0, 0.05) is 18.9 Å². The third kappa shape index (κ3) is 3.25. The number of hydrogen-bond acceptors (Lipinski definition) is 8. The zero-order valence-corrected chi connectivity index (χ0v) is 18.8. The van der Waals surface area contributed by atoms with Crippen LogP contribution in [0.5, 0.6) is 5.75 Å². The van der Waals surface area contributed by atoms with E-state index in [9.17, 15) is 34.2 Å². The highest BCUT2D eigenvalue weighted by Gasteiger charge is 2.66. The van der Waals surface area contributed by atoms with E-state index in [4.69, 9.17) is 5.73 Å². The first-order valence-electron chi connectivity index (χ1n) is 11.9. The molecule has 2 saturated carbocycles. The molecule has 0 bridgehead atoms. The van der Waals surface area contributed by atoms with Gasteiger partial charge >= 0.3 is 0 Å². The smallest absolute Gasteiger partial charge is 0.235 e. The summed E-state index contributed by atoms with van der Waals surface area (Å²) in [7, 11) is 0. The second kappa shape index (κ2) is 8.09. The fraction of sp³-hybridized carbons (Fsp3) is 0.560. The molecule has 2 unspecified atom stereocenters. The van der Waals surface area contributed by atoms with E-state index in [0.717, 1.165) is 31.5 Å². The third-order valence-electron chi connectivity index (χ3n) is 8.23. The van der Waals surface area contributed by atoms with Gasteiger partial charge in [0.1, 0.15) is 5.75 Å². The monoisotopic (exact) mass is 468 g/mol. The molecule has 4 N–H and O–H groups in total. The molecule has 3 fully saturated rings. The normalized spacial score (nSPS) is 33.8. The number of nitrogens with two attached hydrogens (primary N) is 1. The van der Waals surface area contributed by atoms with Gasteiger partial charge < -0.3 is 15.9 Å². The number of piperidine rings is 1. The van der Waals surface area contributed by atoms with Crippen molar-refractivity contribution >= 4 is 29.0 Å². The minimum Gasteiger partial charge on any atom is -0.507 e. The topological polar surface area (TPSA) is 155 Å². The number of phenols is 1. The zero-order chi connectivity index (χ0) is 24.4. The lowest BCUT2D eigenvalue weighted by Gasteiger charge is -2.48. The first-order chi connectivity index (χ1) is 16.1. The first-order valence-corrected chi connectivity index (χ1v) is 11.9. The molecule has 5 atom stereocenters. The number of nitrogens with zero attached hydrogens (tertiary/aromatic N) is 1. The molecule has 9 nitrogen and oxygen atoms in total. The van der Waals surface area contributed by atoms with E-state index in [-0.39, 0.29) is 24.2 Å². The molecule has 9 heteroatoms. The number of ketones is 4. The number of phenolic OH excluding ortho intramolecular Hbond substituents is 1. The third-order valence-corrected chi connectivity index (χ3v) is 8.23. The fourth-order valence-electron chi connectivity index (χ4n) is 6.54. The molecule has 5 rings (SSSR count). The molecule has 3 aliphatic carbocycles. The molecule has 34 heavy (non-hydrogen) atoms. The Morgan fingerprint density at radius 3 is 2.44 bits per heavy atom. The van der Waals surface area contributed by atoms with Crippen molar-refractivity contribution in [1.29, 1.82) is 0 Å². The molecule has 1 aliphatic heterocycles. The van der Waals surface area contributed by atoms with Crippen LogP contribution < -0.4 is 5.73 Å². The summed E-state index contributed by atoms with van der Waals surface area (Å²) >= 11 is 0. The van der Waals surface area contributed by atoms with Crippen molar-refractivity contribution in [3.05, 3.63) is 28.8 Å². The summed E-state index contributed by atoms with van der Waals surface area (Å²) < 4.78 is 0. The molecule has 1 amide bonds. The maximum atomic E-state index is 13.6. The lowest BCUT2D eigenvalue weighted by molar-refractivity contribution is -0.175. The molecule has 4 aliphatic rings. The van der Waals surface area contributed by atoms with E-state index in [2.05, 4.69) is 4.90 Å². The van der Waals surface area contributed by atoms with Crippen LogP contribution in [-0.4, -0.2) is 62.8 Å². The van der Waals surface area contributed by atoms with Crippen LogP contribution in [-0.2, 0) is 32.1 Å². The van der Waals surface area contributed by atoms with Crippen LogP contribution in [0, 0.1) is 23.7 Å². The average Bonchev–Trinajstić information content (AvgIpc) is 2.78. The zero-order valence-electron chi connectivity index (χ0n) is 18.8. The molecule has 1 heterocycles. The van der Waals surface area contributed by atoms with Crippen molar-refractivity contribution in [2.75, 3.05) is 13.1 Å². The molecular weight excluding hydrogens is 440 g/mol. The second-order valence-electron chi connectivity index (χ2n) is 10.2. The summed E-state index contributed by atoms with van der Waals surface area (Å²) in [6, 6.07) is 3.26. The average molecular weight is 469 g/mol. The largest absolute Gasteiger partial charge is 0.507 e. The van der Waals surface area contributed by atoms with Crippen molar-refractivity contribution in [3.63, 3.8) is 0 Å². The van der Waals surface area contributed by atoms with Gasteiger partial charge in [-0.1, -0.05) is 12.5 Å². The van der Waals surface area contributed by atoms with E-state index in [1.54, 1.807) is 0 Å². The predicted molar refractivity (Wildman–Crippen MR) is 118 cm³/mol. The van der Waals surface area contributed by atoms with Gasteiger partial charge in [0.15, 0.2) is 34.7 Å². The Morgan fingerprint density at radius 2 is 1.76 bits per heavy atom. The molecular formula is C25H28N2O7.